The molecule has 0 spiro atoms. The molecule has 1 fully saturated rings. The van der Waals surface area contributed by atoms with Crippen molar-refractivity contribution < 1.29 is 34.6 Å². The van der Waals surface area contributed by atoms with Gasteiger partial charge in [0.05, 0.1) is 18.6 Å². The van der Waals surface area contributed by atoms with Gasteiger partial charge in [0.15, 0.2) is 0 Å². The summed E-state index contributed by atoms with van der Waals surface area (Å²) in [7, 11) is 1.61. The van der Waals surface area contributed by atoms with Crippen LogP contribution in [-0.4, -0.2) is 64.8 Å². The Morgan fingerprint density at radius 2 is 1.77 bits per heavy atom. The average molecular weight is 382 g/mol. The van der Waals surface area contributed by atoms with E-state index in [-0.39, 0.29) is 0 Å². The van der Waals surface area contributed by atoms with E-state index in [2.05, 4.69) is 0 Å². The first kappa shape index (κ1) is 19.1. The Kier molecular flexibility index (Phi) is 6.13. The number of thiophene rings is 1. The smallest absolute Gasteiger partial charge is 0.229 e. The molecule has 0 amide bonds. The summed E-state index contributed by atoms with van der Waals surface area (Å²) in [6.07, 6.45) is -5.86. The molecule has 5 atom stereocenters. The molecule has 1 aliphatic heterocycles. The van der Waals surface area contributed by atoms with E-state index in [0.29, 0.717) is 12.2 Å². The van der Waals surface area contributed by atoms with Gasteiger partial charge in [-0.1, -0.05) is 12.1 Å². The molecule has 1 aromatic carbocycles. The first-order valence-corrected chi connectivity index (χ1v) is 9.08. The quantitative estimate of drug-likeness (QED) is 0.577. The topological polar surface area (TPSA) is 109 Å². The van der Waals surface area contributed by atoms with Crippen LogP contribution in [0.1, 0.15) is 10.4 Å². The fraction of sp³-hybridized carbons (Fsp3) is 0.444. The van der Waals surface area contributed by atoms with Crippen LogP contribution in [-0.2, 0) is 11.2 Å². The number of aliphatic hydroxyl groups is 4. The van der Waals surface area contributed by atoms with Gasteiger partial charge in [0.1, 0.15) is 35.9 Å². The minimum absolute atomic E-state index is 0.493. The Morgan fingerprint density at radius 1 is 1.04 bits per heavy atom. The molecule has 7 nitrogen and oxygen atoms in total. The molecule has 142 valence electrons. The zero-order chi connectivity index (χ0) is 18.7. The summed E-state index contributed by atoms with van der Waals surface area (Å²) >= 11 is 1.50. The van der Waals surface area contributed by atoms with Crippen molar-refractivity contribution in [3.8, 4) is 11.5 Å². The predicted molar refractivity (Wildman–Crippen MR) is 94.5 cm³/mol. The largest absolute Gasteiger partial charge is 0.497 e. The fourth-order valence-electron chi connectivity index (χ4n) is 2.78. The van der Waals surface area contributed by atoms with Gasteiger partial charge in [0.25, 0.3) is 0 Å². The summed E-state index contributed by atoms with van der Waals surface area (Å²) in [5.74, 6) is 1.30. The van der Waals surface area contributed by atoms with Crippen LogP contribution in [0.3, 0.4) is 0 Å². The molecule has 1 saturated heterocycles. The van der Waals surface area contributed by atoms with E-state index >= 15 is 0 Å². The highest BCUT2D eigenvalue weighted by molar-refractivity contribution is 7.10. The second-order valence-corrected chi connectivity index (χ2v) is 7.05. The number of ether oxygens (including phenoxy) is 3. The summed E-state index contributed by atoms with van der Waals surface area (Å²) < 4.78 is 16.3. The summed E-state index contributed by atoms with van der Waals surface area (Å²) in [4.78, 5) is 0.923. The average Bonchev–Trinajstić information content (AvgIpc) is 3.09. The highest BCUT2D eigenvalue weighted by Gasteiger charge is 2.44. The number of hydrogen-bond donors (Lipinski definition) is 4. The van der Waals surface area contributed by atoms with E-state index in [1.807, 2.05) is 29.6 Å². The van der Waals surface area contributed by atoms with Crippen molar-refractivity contribution in [2.75, 3.05) is 13.7 Å². The monoisotopic (exact) mass is 382 g/mol. The molecule has 1 aromatic heterocycles. The first-order chi connectivity index (χ1) is 12.5. The lowest BCUT2D eigenvalue weighted by atomic mass is 9.99. The van der Waals surface area contributed by atoms with E-state index < -0.39 is 37.3 Å². The van der Waals surface area contributed by atoms with Crippen LogP contribution < -0.4 is 9.47 Å². The van der Waals surface area contributed by atoms with Crippen LogP contribution >= 0.6 is 11.3 Å². The van der Waals surface area contributed by atoms with Gasteiger partial charge in [0, 0.05) is 6.42 Å². The summed E-state index contributed by atoms with van der Waals surface area (Å²) in [6.45, 7) is -0.493. The van der Waals surface area contributed by atoms with Crippen molar-refractivity contribution >= 4 is 11.3 Å². The van der Waals surface area contributed by atoms with Gasteiger partial charge >= 0.3 is 0 Å². The van der Waals surface area contributed by atoms with Crippen molar-refractivity contribution in [3.05, 3.63) is 46.2 Å². The highest BCUT2D eigenvalue weighted by atomic mass is 32.1. The van der Waals surface area contributed by atoms with Gasteiger partial charge in [-0.15, -0.1) is 11.3 Å². The van der Waals surface area contributed by atoms with Crippen LogP contribution in [0.5, 0.6) is 11.5 Å². The standard InChI is InChI=1S/C18H22O7S/c1-23-11-4-2-10(3-5-11)8-14-12(6-7-26-14)24-18-17(22)16(21)15(20)13(9-19)25-18/h2-7,13,15-22H,8-9H2,1H3/t13?,15-,16?,17?,18-/m1/s1. The second-order valence-electron chi connectivity index (χ2n) is 6.05. The van der Waals surface area contributed by atoms with Gasteiger partial charge in [-0.25, -0.2) is 0 Å². The predicted octanol–water partition coefficient (Wildman–Crippen LogP) is 0.526. The van der Waals surface area contributed by atoms with Gasteiger partial charge in [-0.3, -0.25) is 0 Å². The van der Waals surface area contributed by atoms with Crippen molar-refractivity contribution in [2.24, 2.45) is 0 Å². The number of benzene rings is 1. The van der Waals surface area contributed by atoms with E-state index in [1.165, 1.54) is 11.3 Å². The SMILES string of the molecule is COc1ccc(Cc2sccc2O[C@@H]2OC(CO)[C@@H](O)C(O)C2O)cc1. The third kappa shape index (κ3) is 4.01. The molecular weight excluding hydrogens is 360 g/mol. The maximum Gasteiger partial charge on any atom is 0.229 e. The Hall–Kier alpha value is -1.68. The molecule has 2 aromatic rings. The Bertz CT molecular complexity index is 700. The van der Waals surface area contributed by atoms with Crippen LogP contribution in [0.15, 0.2) is 35.7 Å². The van der Waals surface area contributed by atoms with Crippen molar-refractivity contribution in [1.82, 2.24) is 0 Å². The zero-order valence-electron chi connectivity index (χ0n) is 14.2. The molecule has 4 N–H and O–H groups in total. The molecule has 1 aliphatic rings. The highest BCUT2D eigenvalue weighted by Crippen LogP contribution is 2.31. The molecular formula is C18H22O7S. The van der Waals surface area contributed by atoms with Gasteiger partial charge < -0.3 is 34.6 Å². The number of hydrogen-bond acceptors (Lipinski definition) is 8. The van der Waals surface area contributed by atoms with Crippen molar-refractivity contribution in [1.29, 1.82) is 0 Å². The maximum absolute atomic E-state index is 10.1. The summed E-state index contributed by atoms with van der Waals surface area (Å²) in [5, 5.41) is 40.9. The molecule has 0 saturated carbocycles. The van der Waals surface area contributed by atoms with E-state index in [4.69, 9.17) is 14.2 Å². The minimum Gasteiger partial charge on any atom is -0.497 e. The maximum atomic E-state index is 10.1. The molecule has 3 unspecified atom stereocenters. The molecule has 2 heterocycles. The van der Waals surface area contributed by atoms with Crippen LogP contribution in [0.4, 0.5) is 0 Å². The Morgan fingerprint density at radius 3 is 2.42 bits per heavy atom. The van der Waals surface area contributed by atoms with Crippen molar-refractivity contribution in [2.45, 2.75) is 37.1 Å². The normalized spacial score (nSPS) is 28.7. The third-order valence-electron chi connectivity index (χ3n) is 4.32. The first-order valence-electron chi connectivity index (χ1n) is 8.20. The van der Waals surface area contributed by atoms with Gasteiger partial charge in [0.2, 0.25) is 6.29 Å². The minimum atomic E-state index is -1.46. The lowest BCUT2D eigenvalue weighted by Gasteiger charge is -2.39. The lowest BCUT2D eigenvalue weighted by molar-refractivity contribution is -0.277. The fourth-order valence-corrected chi connectivity index (χ4v) is 3.62. The van der Waals surface area contributed by atoms with Gasteiger partial charge in [-0.05, 0) is 29.1 Å². The molecule has 3 rings (SSSR count). The molecule has 26 heavy (non-hydrogen) atoms. The van der Waals surface area contributed by atoms with Crippen LogP contribution in [0.25, 0.3) is 0 Å². The van der Waals surface area contributed by atoms with Crippen LogP contribution in [0.2, 0.25) is 0 Å². The number of methoxy groups -OCH3 is 1. The number of rotatable bonds is 6. The third-order valence-corrected chi connectivity index (χ3v) is 5.22. The van der Waals surface area contributed by atoms with Gasteiger partial charge in [-0.2, -0.15) is 0 Å². The molecule has 0 bridgehead atoms. The molecule has 0 radical (unpaired) electrons. The van der Waals surface area contributed by atoms with E-state index in [9.17, 15) is 20.4 Å². The van der Waals surface area contributed by atoms with Crippen molar-refractivity contribution in [3.63, 3.8) is 0 Å². The number of aliphatic hydroxyl groups excluding tert-OH is 4. The van der Waals surface area contributed by atoms with E-state index in [0.717, 1.165) is 16.2 Å². The Balaban J connectivity index is 1.71. The molecule has 0 aliphatic carbocycles. The van der Waals surface area contributed by atoms with Crippen LogP contribution in [0, 0.1) is 0 Å². The summed E-state index contributed by atoms with van der Waals surface area (Å²) in [6, 6.07) is 9.42. The Labute approximate surface area is 155 Å². The van der Waals surface area contributed by atoms with E-state index in [1.54, 1.807) is 13.2 Å². The zero-order valence-corrected chi connectivity index (χ0v) is 15.0. The summed E-state index contributed by atoms with van der Waals surface area (Å²) in [5.41, 5.74) is 1.06. The second kappa shape index (κ2) is 8.34. The lowest BCUT2D eigenvalue weighted by Crippen LogP contribution is -2.60. The molecule has 8 heteroatoms.